The Morgan fingerprint density at radius 3 is 1.94 bits per heavy atom. The Morgan fingerprint density at radius 1 is 0.914 bits per heavy atom. The van der Waals surface area contributed by atoms with E-state index in [9.17, 15) is 15.8 Å². The van der Waals surface area contributed by atoms with Crippen LogP contribution >= 0.6 is 0 Å². The van der Waals surface area contributed by atoms with E-state index in [4.69, 9.17) is 9.47 Å². The molecule has 2 aliphatic heterocycles. The van der Waals surface area contributed by atoms with E-state index in [0.717, 1.165) is 37.2 Å². The highest BCUT2D eigenvalue weighted by Gasteiger charge is 2.38. The predicted molar refractivity (Wildman–Crippen MR) is 138 cm³/mol. The summed E-state index contributed by atoms with van der Waals surface area (Å²) in [6.45, 7) is 16.7. The molecule has 0 aromatic heterocycles. The first-order chi connectivity index (χ1) is 16.2. The maximum Gasteiger partial charge on any atom is 0.172 e. The smallest absolute Gasteiger partial charge is 0.172 e. The summed E-state index contributed by atoms with van der Waals surface area (Å²) in [5.41, 5.74) is 1.10. The van der Waals surface area contributed by atoms with Gasteiger partial charge < -0.3 is 9.47 Å². The monoisotopic (exact) mass is 471 g/mol. The summed E-state index contributed by atoms with van der Waals surface area (Å²) >= 11 is 0. The van der Waals surface area contributed by atoms with E-state index in [1.807, 2.05) is 38.1 Å². The predicted octanol–water partition coefficient (Wildman–Crippen LogP) is 7.85. The molecule has 2 heterocycles. The highest BCUT2D eigenvalue weighted by Crippen LogP contribution is 2.41. The Labute approximate surface area is 211 Å². The average Bonchev–Trinajstić information content (AvgIpc) is 3.02. The second kappa shape index (κ2) is 10.8. The van der Waals surface area contributed by atoms with Crippen LogP contribution in [0.4, 0.5) is 0 Å². The number of rotatable bonds is 6. The van der Waals surface area contributed by atoms with Crippen molar-refractivity contribution in [3.63, 3.8) is 0 Å². The van der Waals surface area contributed by atoms with E-state index in [-0.39, 0.29) is 27.7 Å². The van der Waals surface area contributed by atoms with E-state index in [0.29, 0.717) is 5.57 Å². The number of nitrogens with zero attached hydrogens (tertiary/aromatic N) is 3. The summed E-state index contributed by atoms with van der Waals surface area (Å²) in [5, 5.41) is 28.0. The average molecular weight is 472 g/mol. The van der Waals surface area contributed by atoms with E-state index >= 15 is 0 Å². The lowest BCUT2D eigenvalue weighted by Gasteiger charge is -2.32. The number of unbranched alkanes of at least 4 members (excludes halogenated alkanes) is 3. The zero-order valence-electron chi connectivity index (χ0n) is 22.4. The fourth-order valence-corrected chi connectivity index (χ4v) is 3.74. The summed E-state index contributed by atoms with van der Waals surface area (Å²) < 4.78 is 12.0. The molecule has 0 unspecified atom stereocenters. The molecule has 2 rings (SSSR count). The number of nitriles is 3. The molecule has 184 valence electrons. The van der Waals surface area contributed by atoms with Crippen molar-refractivity contribution in [2.24, 2.45) is 10.8 Å². The molecule has 0 amide bonds. The second-order valence-electron chi connectivity index (χ2n) is 11.5. The summed E-state index contributed by atoms with van der Waals surface area (Å²) in [4.78, 5) is 0. The van der Waals surface area contributed by atoms with Crippen LogP contribution in [0.25, 0.3) is 0 Å². The summed E-state index contributed by atoms with van der Waals surface area (Å²) in [5.74, 6) is 2.06. The molecule has 2 aliphatic rings. The van der Waals surface area contributed by atoms with Crippen LogP contribution < -0.4 is 0 Å². The van der Waals surface area contributed by atoms with Gasteiger partial charge in [0.15, 0.2) is 11.3 Å². The minimum atomic E-state index is -0.766. The van der Waals surface area contributed by atoms with Gasteiger partial charge >= 0.3 is 0 Å². The van der Waals surface area contributed by atoms with Gasteiger partial charge in [-0.1, -0.05) is 59.8 Å². The molecular weight excluding hydrogens is 434 g/mol. The van der Waals surface area contributed by atoms with E-state index in [1.165, 1.54) is 5.57 Å². The van der Waals surface area contributed by atoms with Crippen LogP contribution in [0.15, 0.2) is 70.0 Å². The highest BCUT2D eigenvalue weighted by atomic mass is 16.5. The maximum atomic E-state index is 9.61. The largest absolute Gasteiger partial charge is 0.480 e. The molecule has 5 nitrogen and oxygen atoms in total. The van der Waals surface area contributed by atoms with Crippen molar-refractivity contribution < 1.29 is 9.47 Å². The Balaban J connectivity index is 2.05. The van der Waals surface area contributed by atoms with Gasteiger partial charge in [0, 0.05) is 16.4 Å². The van der Waals surface area contributed by atoms with Crippen molar-refractivity contribution in [1.29, 1.82) is 15.8 Å². The van der Waals surface area contributed by atoms with Crippen molar-refractivity contribution >= 4 is 0 Å². The summed E-state index contributed by atoms with van der Waals surface area (Å²) in [7, 11) is 0. The van der Waals surface area contributed by atoms with Crippen molar-refractivity contribution in [3.05, 3.63) is 70.0 Å². The van der Waals surface area contributed by atoms with Gasteiger partial charge in [0.1, 0.15) is 40.9 Å². The van der Waals surface area contributed by atoms with Crippen molar-refractivity contribution in [3.8, 4) is 18.2 Å². The first-order valence-electron chi connectivity index (χ1n) is 12.1. The third-order valence-corrected chi connectivity index (χ3v) is 5.85. The molecule has 35 heavy (non-hydrogen) atoms. The van der Waals surface area contributed by atoms with Gasteiger partial charge in [-0.2, -0.15) is 15.8 Å². The Bertz CT molecular complexity index is 1100. The molecule has 0 spiro atoms. The lowest BCUT2D eigenvalue weighted by atomic mass is 9.87. The molecule has 0 aliphatic carbocycles. The van der Waals surface area contributed by atoms with Gasteiger partial charge in [-0.05, 0) is 57.3 Å². The van der Waals surface area contributed by atoms with Crippen LogP contribution in [0.1, 0.15) is 81.1 Å². The quantitative estimate of drug-likeness (QED) is 0.290. The van der Waals surface area contributed by atoms with Crippen LogP contribution in [0.3, 0.4) is 0 Å². The van der Waals surface area contributed by atoms with Crippen LogP contribution in [-0.4, -0.2) is 5.60 Å². The van der Waals surface area contributed by atoms with Crippen molar-refractivity contribution in [2.45, 2.75) is 86.7 Å². The molecule has 0 aromatic rings. The van der Waals surface area contributed by atoms with Gasteiger partial charge in [0.25, 0.3) is 0 Å². The fourth-order valence-electron chi connectivity index (χ4n) is 3.74. The first kappa shape index (κ1) is 27.8. The Morgan fingerprint density at radius 2 is 1.46 bits per heavy atom. The number of ether oxygens (including phenoxy) is 2. The third kappa shape index (κ3) is 7.00. The minimum Gasteiger partial charge on any atom is -0.480 e. The molecule has 0 aromatic carbocycles. The van der Waals surface area contributed by atoms with Crippen molar-refractivity contribution in [2.75, 3.05) is 0 Å². The highest BCUT2D eigenvalue weighted by molar-refractivity contribution is 5.60. The van der Waals surface area contributed by atoms with Gasteiger partial charge in [0.2, 0.25) is 0 Å². The van der Waals surface area contributed by atoms with E-state index < -0.39 is 5.60 Å². The van der Waals surface area contributed by atoms with E-state index in [1.54, 1.807) is 0 Å². The normalized spacial score (nSPS) is 17.6. The number of allylic oxidation sites excluding steroid dienone is 9. The molecule has 0 fully saturated rings. The van der Waals surface area contributed by atoms with Crippen LogP contribution in [0, 0.1) is 44.8 Å². The zero-order chi connectivity index (χ0) is 26.4. The van der Waals surface area contributed by atoms with Gasteiger partial charge in [-0.25, -0.2) is 0 Å². The zero-order valence-corrected chi connectivity index (χ0v) is 22.4. The lowest BCUT2D eigenvalue weighted by molar-refractivity contribution is 0.0953. The molecule has 0 radical (unpaired) electrons. The Hall–Kier alpha value is -3.49. The van der Waals surface area contributed by atoms with Crippen LogP contribution in [0.5, 0.6) is 0 Å². The molecule has 0 N–H and O–H groups in total. The summed E-state index contributed by atoms with van der Waals surface area (Å²) in [6, 6.07) is 5.75. The Kier molecular flexibility index (Phi) is 8.59. The topological polar surface area (TPSA) is 89.8 Å². The summed E-state index contributed by atoms with van der Waals surface area (Å²) in [6.07, 6.45) is 14.4. The van der Waals surface area contributed by atoms with Gasteiger partial charge in [0.05, 0.1) is 0 Å². The van der Waals surface area contributed by atoms with Crippen molar-refractivity contribution in [1.82, 2.24) is 0 Å². The first-order valence-corrected chi connectivity index (χ1v) is 12.1. The van der Waals surface area contributed by atoms with E-state index in [2.05, 4.69) is 65.8 Å². The molecular formula is C30H37N3O2. The standard InChI is InChI=1S/C30H37N3O2/c1-28(2,3)25-16-21(17-26(34-25)29(4,5)6)14-12-10-9-11-13-15-24-23(20-33)27(22(18-31)19-32)35-30(24,7)8/h13-17H,9-12H2,1-8H3/b15-13+. The number of hydrogen-bond donors (Lipinski definition) is 0. The molecule has 5 heteroatoms. The third-order valence-electron chi connectivity index (χ3n) is 5.85. The molecule has 0 saturated carbocycles. The molecule has 0 saturated heterocycles. The minimum absolute atomic E-state index is 0.0559. The molecule has 0 bridgehead atoms. The maximum absolute atomic E-state index is 9.61. The van der Waals surface area contributed by atoms with Crippen LogP contribution in [0.2, 0.25) is 0 Å². The van der Waals surface area contributed by atoms with Gasteiger partial charge in [-0.15, -0.1) is 0 Å². The molecule has 0 atom stereocenters. The van der Waals surface area contributed by atoms with Crippen LogP contribution in [-0.2, 0) is 9.47 Å². The SMILES string of the molecule is CC(C)(C)C1=CC(=CCCCC/C=C/C2=C(C#N)C(=C(C#N)C#N)OC2(C)C)C=C(C(C)(C)C)O1. The van der Waals surface area contributed by atoms with Gasteiger partial charge in [-0.3, -0.25) is 0 Å². The number of hydrogen-bond acceptors (Lipinski definition) is 5. The lowest BCUT2D eigenvalue weighted by Crippen LogP contribution is -2.21. The second-order valence-corrected chi connectivity index (χ2v) is 11.5. The fraction of sp³-hybridized carbons (Fsp3) is 0.500.